The first kappa shape index (κ1) is 36.6. The van der Waals surface area contributed by atoms with Crippen LogP contribution in [0, 0.1) is 23.6 Å². The molecule has 2 heterocycles. The fourth-order valence-electron chi connectivity index (χ4n) is 6.91. The van der Waals surface area contributed by atoms with E-state index in [-0.39, 0.29) is 16.6 Å². The lowest BCUT2D eigenvalue weighted by Gasteiger charge is -2.41. The average molecular weight is 671 g/mol. The number of benzene rings is 2. The van der Waals surface area contributed by atoms with E-state index in [0.29, 0.717) is 30.7 Å². The topological polar surface area (TPSA) is 71.9 Å². The van der Waals surface area contributed by atoms with Gasteiger partial charge in [0.15, 0.2) is 6.10 Å². The monoisotopic (exact) mass is 670 g/mol. The van der Waals surface area contributed by atoms with Gasteiger partial charge in [-0.15, -0.1) is 0 Å². The fourth-order valence-corrected chi connectivity index (χ4v) is 6.91. The van der Waals surface area contributed by atoms with Crippen LogP contribution < -0.4 is 9.64 Å². The lowest BCUT2D eigenvalue weighted by Crippen LogP contribution is -2.39. The fraction of sp³-hybridized carbons (Fsp3) is 0.524. The van der Waals surface area contributed by atoms with Crippen LogP contribution in [-0.4, -0.2) is 41.4 Å². The summed E-state index contributed by atoms with van der Waals surface area (Å²) < 4.78 is 25.8. The van der Waals surface area contributed by atoms with Crippen LogP contribution in [0.2, 0.25) is 0 Å². The summed E-state index contributed by atoms with van der Waals surface area (Å²) in [5.74, 6) is -0.519. The minimum atomic E-state index is -1.17. The molecule has 49 heavy (non-hydrogen) atoms. The van der Waals surface area contributed by atoms with E-state index in [1.54, 1.807) is 12.1 Å². The van der Waals surface area contributed by atoms with E-state index in [9.17, 15) is 14.3 Å². The largest absolute Gasteiger partial charge is 0.493 e. The average Bonchev–Trinajstić information content (AvgIpc) is 3.02. The SMILES string of the molecule is Cc1nc(CC2=CCC(C)(C)CC2)c(-c2ccc(OCCc3ccc(F)cc3)cc2)c(N2CCC(C)(C)CC2)c1C(OC(C)(C)C)C(=O)O. The summed E-state index contributed by atoms with van der Waals surface area (Å²) in [6.45, 7) is 19.0. The number of rotatable bonds is 11. The van der Waals surface area contributed by atoms with E-state index in [1.807, 2.05) is 39.8 Å². The van der Waals surface area contributed by atoms with E-state index in [1.165, 1.54) is 17.7 Å². The Balaban J connectivity index is 1.61. The third kappa shape index (κ3) is 9.50. The first-order valence-electron chi connectivity index (χ1n) is 17.8. The van der Waals surface area contributed by atoms with Gasteiger partial charge in [-0.25, -0.2) is 9.18 Å². The molecule has 1 aliphatic carbocycles. The summed E-state index contributed by atoms with van der Waals surface area (Å²) in [4.78, 5) is 20.7. The highest BCUT2D eigenvalue weighted by atomic mass is 19.1. The molecule has 3 aromatic rings. The quantitative estimate of drug-likeness (QED) is 0.205. The molecule has 0 amide bonds. The van der Waals surface area contributed by atoms with Crippen LogP contribution in [-0.2, 0) is 22.4 Å². The molecule has 1 N–H and O–H groups in total. The number of hydrogen-bond acceptors (Lipinski definition) is 5. The summed E-state index contributed by atoms with van der Waals surface area (Å²) in [6.07, 6.45) is 7.79. The molecule has 1 unspecified atom stereocenters. The molecule has 1 aromatic heterocycles. The zero-order valence-corrected chi connectivity index (χ0v) is 30.8. The lowest BCUT2D eigenvalue weighted by molar-refractivity contribution is -0.160. The van der Waals surface area contributed by atoms with Gasteiger partial charge in [-0.05, 0) is 106 Å². The molecule has 2 aliphatic rings. The van der Waals surface area contributed by atoms with Gasteiger partial charge in [0, 0.05) is 42.8 Å². The number of carboxylic acids is 1. The Labute approximate surface area is 292 Å². The smallest absolute Gasteiger partial charge is 0.337 e. The first-order valence-corrected chi connectivity index (χ1v) is 17.8. The van der Waals surface area contributed by atoms with Crippen LogP contribution in [0.25, 0.3) is 11.1 Å². The Hall–Kier alpha value is -3.71. The van der Waals surface area contributed by atoms with E-state index in [4.69, 9.17) is 14.5 Å². The molecular formula is C42H55FN2O4. The number of allylic oxidation sites excluding steroid dienone is 2. The van der Waals surface area contributed by atoms with Crippen LogP contribution in [0.3, 0.4) is 0 Å². The molecule has 0 spiro atoms. The third-order valence-corrected chi connectivity index (χ3v) is 10.0. The standard InChI is InChI=1S/C42H55FN2O4/c1-28-35(38(39(46)47)49-40(2,3)4)37(45-24-22-42(7,8)23-25-45)36(34(44-28)27-30-17-20-41(5,6)21-18-30)31-11-15-33(16-12-31)48-26-19-29-9-13-32(43)14-10-29/h9-17,38H,18-27H2,1-8H3,(H,46,47). The summed E-state index contributed by atoms with van der Waals surface area (Å²) in [7, 11) is 0. The van der Waals surface area contributed by atoms with Crippen molar-refractivity contribution in [2.45, 2.75) is 112 Å². The van der Waals surface area contributed by atoms with Crippen molar-refractivity contribution in [2.24, 2.45) is 10.8 Å². The number of anilines is 1. The Morgan fingerprint density at radius 2 is 1.63 bits per heavy atom. The van der Waals surface area contributed by atoms with Crippen molar-refractivity contribution >= 4 is 11.7 Å². The third-order valence-electron chi connectivity index (χ3n) is 10.0. The summed E-state index contributed by atoms with van der Waals surface area (Å²) in [5, 5.41) is 10.7. The van der Waals surface area contributed by atoms with Crippen LogP contribution in [0.15, 0.2) is 60.2 Å². The number of ether oxygens (including phenoxy) is 2. The minimum absolute atomic E-state index is 0.211. The lowest BCUT2D eigenvalue weighted by atomic mass is 9.77. The second-order valence-corrected chi connectivity index (χ2v) is 16.5. The highest BCUT2D eigenvalue weighted by Gasteiger charge is 2.37. The van der Waals surface area contributed by atoms with Crippen molar-refractivity contribution in [3.63, 3.8) is 0 Å². The number of carboxylic acid groups (broad SMARTS) is 1. The molecule has 0 radical (unpaired) electrons. The molecule has 1 saturated heterocycles. The summed E-state index contributed by atoms with van der Waals surface area (Å²) in [6, 6.07) is 14.6. The molecule has 0 saturated carbocycles. The number of hydrogen-bond donors (Lipinski definition) is 1. The van der Waals surface area contributed by atoms with Crippen molar-refractivity contribution < 1.29 is 23.8 Å². The number of halogens is 1. The number of pyridine rings is 1. The van der Waals surface area contributed by atoms with Crippen LogP contribution in [0.1, 0.15) is 109 Å². The number of carbonyl (C=O) groups is 1. The zero-order chi connectivity index (χ0) is 35.6. The van der Waals surface area contributed by atoms with Gasteiger partial charge in [-0.2, -0.15) is 0 Å². The minimum Gasteiger partial charge on any atom is -0.493 e. The molecule has 0 bridgehead atoms. The molecule has 2 aromatic carbocycles. The van der Waals surface area contributed by atoms with E-state index < -0.39 is 17.7 Å². The highest BCUT2D eigenvalue weighted by molar-refractivity contribution is 5.88. The van der Waals surface area contributed by atoms with Gasteiger partial charge in [0.1, 0.15) is 11.6 Å². The molecule has 1 atom stereocenters. The highest BCUT2D eigenvalue weighted by Crippen LogP contribution is 2.46. The Kier molecular flexibility index (Phi) is 10.9. The van der Waals surface area contributed by atoms with E-state index in [0.717, 1.165) is 79.0 Å². The predicted molar refractivity (Wildman–Crippen MR) is 196 cm³/mol. The van der Waals surface area contributed by atoms with Crippen molar-refractivity contribution in [3.8, 4) is 16.9 Å². The number of aromatic nitrogens is 1. The normalized spacial score (nSPS) is 18.1. The van der Waals surface area contributed by atoms with Crippen LogP contribution in [0.5, 0.6) is 5.75 Å². The van der Waals surface area contributed by atoms with Crippen LogP contribution in [0.4, 0.5) is 10.1 Å². The van der Waals surface area contributed by atoms with Gasteiger partial charge in [0.05, 0.1) is 23.6 Å². The van der Waals surface area contributed by atoms with Crippen molar-refractivity contribution in [1.29, 1.82) is 0 Å². The predicted octanol–water partition coefficient (Wildman–Crippen LogP) is 10.1. The Bertz CT molecular complexity index is 1640. The first-order chi connectivity index (χ1) is 23.0. The number of aryl methyl sites for hydroxylation is 1. The molecule has 5 rings (SSSR count). The van der Waals surface area contributed by atoms with Gasteiger partial charge in [-0.1, -0.05) is 63.6 Å². The summed E-state index contributed by atoms with van der Waals surface area (Å²) in [5.41, 5.74) is 7.41. The van der Waals surface area contributed by atoms with Crippen molar-refractivity contribution in [3.05, 3.63) is 88.5 Å². The maximum absolute atomic E-state index is 13.3. The molecule has 1 aliphatic heterocycles. The second-order valence-electron chi connectivity index (χ2n) is 16.5. The van der Waals surface area contributed by atoms with Gasteiger partial charge in [0.2, 0.25) is 0 Å². The number of nitrogens with zero attached hydrogens (tertiary/aromatic N) is 2. The van der Waals surface area contributed by atoms with Crippen molar-refractivity contribution in [2.75, 3.05) is 24.6 Å². The van der Waals surface area contributed by atoms with Crippen LogP contribution >= 0.6 is 0 Å². The van der Waals surface area contributed by atoms with E-state index >= 15 is 0 Å². The molecule has 6 nitrogen and oxygen atoms in total. The summed E-state index contributed by atoms with van der Waals surface area (Å²) >= 11 is 0. The molecule has 7 heteroatoms. The maximum atomic E-state index is 13.3. The number of aliphatic carboxylic acids is 1. The van der Waals surface area contributed by atoms with E-state index in [2.05, 4.69) is 50.8 Å². The molecular weight excluding hydrogens is 615 g/mol. The number of piperidine rings is 1. The van der Waals surface area contributed by atoms with Gasteiger partial charge in [0.25, 0.3) is 0 Å². The second kappa shape index (κ2) is 14.6. The zero-order valence-electron chi connectivity index (χ0n) is 30.8. The molecule has 264 valence electrons. The molecule has 1 fully saturated rings. The maximum Gasteiger partial charge on any atom is 0.337 e. The Morgan fingerprint density at radius 3 is 2.20 bits per heavy atom. The van der Waals surface area contributed by atoms with Gasteiger partial charge >= 0.3 is 5.97 Å². The Morgan fingerprint density at radius 1 is 0.980 bits per heavy atom. The van der Waals surface area contributed by atoms with Gasteiger partial charge in [-0.3, -0.25) is 4.98 Å². The van der Waals surface area contributed by atoms with Crippen molar-refractivity contribution in [1.82, 2.24) is 4.98 Å². The van der Waals surface area contributed by atoms with Gasteiger partial charge < -0.3 is 19.5 Å².